The second kappa shape index (κ2) is 5.82. The minimum Gasteiger partial charge on any atom is -0.307 e. The van der Waals surface area contributed by atoms with Crippen molar-refractivity contribution in [3.63, 3.8) is 0 Å². The monoisotopic (exact) mass is 326 g/mol. The number of nitrogens with zero attached hydrogens (tertiary/aromatic N) is 1. The van der Waals surface area contributed by atoms with E-state index in [4.69, 9.17) is 11.6 Å². The maximum Gasteiger partial charge on any atom is 0.253 e. The van der Waals surface area contributed by atoms with E-state index in [1.165, 1.54) is 11.1 Å². The fourth-order valence-electron chi connectivity index (χ4n) is 2.83. The molecule has 1 aliphatic rings. The van der Waals surface area contributed by atoms with E-state index in [9.17, 15) is 4.79 Å². The average Bonchev–Trinajstić information content (AvgIpc) is 2.93. The van der Waals surface area contributed by atoms with Gasteiger partial charge in [-0.25, -0.2) is 4.98 Å². The molecule has 0 radical (unpaired) electrons. The Morgan fingerprint density at radius 2 is 1.87 bits per heavy atom. The van der Waals surface area contributed by atoms with Gasteiger partial charge in [0.15, 0.2) is 0 Å². The molecule has 0 atom stereocenters. The molecule has 1 aromatic heterocycles. The molecule has 0 aliphatic heterocycles. The Morgan fingerprint density at radius 1 is 1.13 bits per heavy atom. The Hall–Kier alpha value is -2.13. The predicted octanol–water partition coefficient (Wildman–Crippen LogP) is 4.55. The fraction of sp³-hybridized carbons (Fsp3) is 0.263. The molecule has 3 rings (SSSR count). The van der Waals surface area contributed by atoms with Gasteiger partial charge in [-0.15, -0.1) is 0 Å². The molecular formula is C19H19ClN2O. The molecule has 0 fully saturated rings. The number of anilines is 1. The Kier molecular flexibility index (Phi) is 3.99. The van der Waals surface area contributed by atoms with Crippen LogP contribution in [0.2, 0.25) is 5.02 Å². The lowest BCUT2D eigenvalue weighted by Crippen LogP contribution is -2.17. The summed E-state index contributed by atoms with van der Waals surface area (Å²) in [7, 11) is 0. The lowest BCUT2D eigenvalue weighted by molar-refractivity contribution is -0.112. The summed E-state index contributed by atoms with van der Waals surface area (Å²) < 4.78 is 0. The van der Waals surface area contributed by atoms with Crippen LogP contribution in [0.4, 0.5) is 5.82 Å². The number of halogens is 1. The highest BCUT2D eigenvalue weighted by molar-refractivity contribution is 6.30. The summed E-state index contributed by atoms with van der Waals surface area (Å²) in [6.45, 7) is 8.06. The van der Waals surface area contributed by atoms with Crippen molar-refractivity contribution in [3.8, 4) is 0 Å². The summed E-state index contributed by atoms with van der Waals surface area (Å²) in [5.74, 6) is 0.543. The molecule has 0 spiro atoms. The van der Waals surface area contributed by atoms with Crippen molar-refractivity contribution in [2.75, 3.05) is 5.32 Å². The molecular weight excluding hydrogens is 308 g/mol. The van der Waals surface area contributed by atoms with Crippen LogP contribution in [-0.4, -0.2) is 10.9 Å². The maximum absolute atomic E-state index is 12.6. The van der Waals surface area contributed by atoms with Gasteiger partial charge >= 0.3 is 0 Å². The third kappa shape index (κ3) is 2.89. The zero-order valence-electron chi connectivity index (χ0n) is 13.7. The van der Waals surface area contributed by atoms with Gasteiger partial charge in [-0.3, -0.25) is 4.79 Å². The zero-order valence-corrected chi connectivity index (χ0v) is 14.5. The van der Waals surface area contributed by atoms with Crippen LogP contribution in [0.1, 0.15) is 33.5 Å². The third-order valence-corrected chi connectivity index (χ3v) is 4.88. The number of hydrogen-bond acceptors (Lipinski definition) is 2. The molecule has 1 aromatic carbocycles. The van der Waals surface area contributed by atoms with Crippen molar-refractivity contribution in [3.05, 3.63) is 62.3 Å². The molecule has 3 nitrogen and oxygen atoms in total. The lowest BCUT2D eigenvalue weighted by Gasteiger charge is -2.14. The first-order valence-corrected chi connectivity index (χ1v) is 7.99. The molecule has 4 heteroatoms. The highest BCUT2D eigenvalue weighted by Gasteiger charge is 2.20. The number of carbonyl (C=O) groups is 1. The van der Waals surface area contributed by atoms with E-state index in [1.807, 2.05) is 38.1 Å². The van der Waals surface area contributed by atoms with Gasteiger partial charge in [0.1, 0.15) is 5.82 Å². The van der Waals surface area contributed by atoms with Crippen LogP contribution >= 0.6 is 11.6 Å². The van der Waals surface area contributed by atoms with E-state index in [0.717, 1.165) is 28.0 Å². The van der Waals surface area contributed by atoms with Gasteiger partial charge in [0.05, 0.1) is 0 Å². The number of aromatic nitrogens is 1. The first kappa shape index (κ1) is 15.8. The van der Waals surface area contributed by atoms with Gasteiger partial charge in [-0.2, -0.15) is 0 Å². The Balaban J connectivity index is 1.85. The van der Waals surface area contributed by atoms with Gasteiger partial charge in [-0.1, -0.05) is 17.7 Å². The van der Waals surface area contributed by atoms with Crippen molar-refractivity contribution >= 4 is 29.4 Å². The Labute approximate surface area is 141 Å². The summed E-state index contributed by atoms with van der Waals surface area (Å²) in [4.78, 5) is 17.1. The minimum atomic E-state index is -0.101. The normalized spacial score (nSPS) is 12.8. The smallest absolute Gasteiger partial charge is 0.253 e. The highest BCUT2D eigenvalue weighted by atomic mass is 35.5. The molecule has 0 unspecified atom stereocenters. The molecule has 1 amide bonds. The number of benzene rings is 1. The standard InChI is InChI=1S/C19H19ClN2O/c1-10-11(2)13(4)21-18(12(10)3)22-19(23)16-7-14-5-6-17(20)9-15(14)8-16/h5-7,9H,8H2,1-4H3,(H,21,22,23). The minimum absolute atomic E-state index is 0.101. The van der Waals surface area contributed by atoms with Gasteiger partial charge in [-0.05, 0) is 73.7 Å². The molecule has 1 N–H and O–H groups in total. The van der Waals surface area contributed by atoms with Crippen LogP contribution in [0.25, 0.3) is 6.08 Å². The second-order valence-corrected chi connectivity index (χ2v) is 6.50. The number of aryl methyl sites for hydroxylation is 1. The first-order chi connectivity index (χ1) is 10.9. The summed E-state index contributed by atoms with van der Waals surface area (Å²) in [5, 5.41) is 3.65. The number of amides is 1. The topological polar surface area (TPSA) is 42.0 Å². The zero-order chi connectivity index (χ0) is 16.7. The predicted molar refractivity (Wildman–Crippen MR) is 94.9 cm³/mol. The van der Waals surface area contributed by atoms with Gasteiger partial charge < -0.3 is 5.32 Å². The Morgan fingerprint density at radius 3 is 2.61 bits per heavy atom. The van der Waals surface area contributed by atoms with Crippen molar-refractivity contribution in [1.82, 2.24) is 4.98 Å². The molecule has 0 saturated carbocycles. The fourth-order valence-corrected chi connectivity index (χ4v) is 3.03. The molecule has 0 bridgehead atoms. The van der Waals surface area contributed by atoms with Crippen molar-refractivity contribution < 1.29 is 4.79 Å². The first-order valence-electron chi connectivity index (χ1n) is 7.61. The number of nitrogens with one attached hydrogen (secondary N) is 1. The van der Waals surface area contributed by atoms with Crippen molar-refractivity contribution in [2.24, 2.45) is 0 Å². The number of pyridine rings is 1. The average molecular weight is 327 g/mol. The second-order valence-electron chi connectivity index (χ2n) is 6.06. The van der Waals surface area contributed by atoms with Crippen LogP contribution in [0.3, 0.4) is 0 Å². The molecule has 2 aromatic rings. The molecule has 23 heavy (non-hydrogen) atoms. The van der Waals surface area contributed by atoms with Gasteiger partial charge in [0.25, 0.3) is 5.91 Å². The van der Waals surface area contributed by atoms with Crippen molar-refractivity contribution in [2.45, 2.75) is 34.1 Å². The van der Waals surface area contributed by atoms with Crippen LogP contribution < -0.4 is 5.32 Å². The molecule has 0 saturated heterocycles. The molecule has 1 aliphatic carbocycles. The summed E-state index contributed by atoms with van der Waals surface area (Å²) >= 11 is 6.02. The van der Waals surface area contributed by atoms with E-state index in [-0.39, 0.29) is 5.91 Å². The number of hydrogen-bond donors (Lipinski definition) is 1. The van der Waals surface area contributed by atoms with Gasteiger partial charge in [0, 0.05) is 22.7 Å². The van der Waals surface area contributed by atoms with Crippen LogP contribution in [0.15, 0.2) is 23.8 Å². The van der Waals surface area contributed by atoms with Crippen molar-refractivity contribution in [1.29, 1.82) is 0 Å². The Bertz CT molecular complexity index is 853. The van der Waals surface area contributed by atoms with E-state index in [1.54, 1.807) is 0 Å². The SMILES string of the molecule is Cc1nc(NC(=O)C2=Cc3ccc(Cl)cc3C2)c(C)c(C)c1C. The summed E-state index contributed by atoms with van der Waals surface area (Å²) in [6, 6.07) is 5.70. The largest absolute Gasteiger partial charge is 0.307 e. The third-order valence-electron chi connectivity index (χ3n) is 4.64. The maximum atomic E-state index is 12.6. The van der Waals surface area contributed by atoms with E-state index in [2.05, 4.69) is 24.1 Å². The van der Waals surface area contributed by atoms with E-state index in [0.29, 0.717) is 17.3 Å². The molecule has 118 valence electrons. The van der Waals surface area contributed by atoms with E-state index >= 15 is 0 Å². The quantitative estimate of drug-likeness (QED) is 0.879. The highest BCUT2D eigenvalue weighted by Crippen LogP contribution is 2.29. The van der Waals surface area contributed by atoms with E-state index < -0.39 is 0 Å². The van der Waals surface area contributed by atoms with Crippen LogP contribution in [0.5, 0.6) is 0 Å². The number of fused-ring (bicyclic) bond motifs is 1. The number of carbonyl (C=O) groups excluding carboxylic acids is 1. The van der Waals surface area contributed by atoms with Crippen LogP contribution in [0, 0.1) is 27.7 Å². The lowest BCUT2D eigenvalue weighted by atomic mass is 10.0. The summed E-state index contributed by atoms with van der Waals surface area (Å²) in [6.07, 6.45) is 2.52. The molecule has 1 heterocycles. The summed E-state index contributed by atoms with van der Waals surface area (Å²) in [5.41, 5.74) is 7.17. The van der Waals surface area contributed by atoms with Gasteiger partial charge in [0.2, 0.25) is 0 Å². The van der Waals surface area contributed by atoms with Crippen LogP contribution in [-0.2, 0) is 11.2 Å². The number of rotatable bonds is 2.